The highest BCUT2D eigenvalue weighted by Gasteiger charge is 2.27. The lowest BCUT2D eigenvalue weighted by atomic mass is 9.85. The van der Waals surface area contributed by atoms with Gasteiger partial charge in [-0.15, -0.1) is 0 Å². The van der Waals surface area contributed by atoms with Gasteiger partial charge in [0.1, 0.15) is 5.78 Å². The number of non-ortho nitro benzene ring substituents is 2. The van der Waals surface area contributed by atoms with E-state index in [2.05, 4.69) is 0 Å². The number of halogens is 2. The van der Waals surface area contributed by atoms with E-state index in [-0.39, 0.29) is 27.2 Å². The molecule has 0 aliphatic carbocycles. The number of carbonyl (C=O) groups excluding carboxylic acids is 1. The van der Waals surface area contributed by atoms with Crippen LogP contribution in [0.1, 0.15) is 36.8 Å². The highest BCUT2D eigenvalue weighted by molar-refractivity contribution is 6.32. The van der Waals surface area contributed by atoms with Gasteiger partial charge in [0.05, 0.1) is 19.9 Å². The Morgan fingerprint density at radius 3 is 1.46 bits per heavy atom. The van der Waals surface area contributed by atoms with E-state index in [1.165, 1.54) is 36.4 Å². The Morgan fingerprint density at radius 1 is 0.846 bits per heavy atom. The molecule has 0 radical (unpaired) electrons. The number of nitro benzene ring substituents is 2. The van der Waals surface area contributed by atoms with Crippen molar-refractivity contribution in [1.82, 2.24) is 0 Å². The topological polar surface area (TPSA) is 103 Å². The van der Waals surface area contributed by atoms with Crippen LogP contribution in [0.25, 0.3) is 0 Å². The highest BCUT2D eigenvalue weighted by atomic mass is 35.5. The number of Topliss-reactive ketones (excluding diaryl/α,β-unsaturated/α-hetero) is 1. The fourth-order valence-corrected chi connectivity index (χ4v) is 3.32. The third-order valence-electron chi connectivity index (χ3n) is 4.18. The van der Waals surface area contributed by atoms with E-state index in [0.29, 0.717) is 11.1 Å². The SMILES string of the molecule is CC(C(=O)C(C)c1ccc([N+](=O)[O-])cc1Cl)c1ccc([N+](=O)[O-])cc1Cl. The number of hydrogen-bond acceptors (Lipinski definition) is 5. The number of hydrogen-bond donors (Lipinski definition) is 0. The lowest BCUT2D eigenvalue weighted by Gasteiger charge is -2.18. The zero-order chi connectivity index (χ0) is 19.6. The van der Waals surface area contributed by atoms with E-state index in [0.717, 1.165) is 0 Å². The molecule has 136 valence electrons. The van der Waals surface area contributed by atoms with E-state index in [1.54, 1.807) is 13.8 Å². The van der Waals surface area contributed by atoms with Crippen LogP contribution in [0.4, 0.5) is 11.4 Å². The molecule has 0 fully saturated rings. The number of ketones is 1. The maximum atomic E-state index is 12.8. The summed E-state index contributed by atoms with van der Waals surface area (Å²) in [6, 6.07) is 7.87. The van der Waals surface area contributed by atoms with Gasteiger partial charge in [-0.1, -0.05) is 49.2 Å². The molecule has 0 aliphatic heterocycles. The quantitative estimate of drug-likeness (QED) is 0.487. The number of nitrogens with zero attached hydrogens (tertiary/aromatic N) is 2. The van der Waals surface area contributed by atoms with Gasteiger partial charge in [-0.05, 0) is 11.1 Å². The van der Waals surface area contributed by atoms with Gasteiger partial charge < -0.3 is 0 Å². The first-order valence-corrected chi connectivity index (χ1v) is 8.30. The second kappa shape index (κ2) is 7.80. The first-order valence-electron chi connectivity index (χ1n) is 7.55. The van der Waals surface area contributed by atoms with Crippen molar-refractivity contribution in [3.8, 4) is 0 Å². The van der Waals surface area contributed by atoms with Crippen LogP contribution < -0.4 is 0 Å². The van der Waals surface area contributed by atoms with Crippen LogP contribution in [0.5, 0.6) is 0 Å². The minimum atomic E-state index is -0.635. The van der Waals surface area contributed by atoms with Crippen LogP contribution in [-0.2, 0) is 4.79 Å². The molecule has 0 saturated heterocycles. The predicted molar refractivity (Wildman–Crippen MR) is 98.0 cm³/mol. The molecule has 26 heavy (non-hydrogen) atoms. The van der Waals surface area contributed by atoms with Crippen molar-refractivity contribution in [2.75, 3.05) is 0 Å². The Labute approximate surface area is 158 Å². The summed E-state index contributed by atoms with van der Waals surface area (Å²) >= 11 is 12.2. The summed E-state index contributed by atoms with van der Waals surface area (Å²) in [5, 5.41) is 21.8. The van der Waals surface area contributed by atoms with Crippen LogP contribution in [-0.4, -0.2) is 15.6 Å². The van der Waals surface area contributed by atoms with Crippen LogP contribution in [0, 0.1) is 20.2 Å². The predicted octanol–water partition coefficient (Wildman–Crippen LogP) is 5.29. The Hall–Kier alpha value is -2.51. The fourth-order valence-electron chi connectivity index (χ4n) is 2.64. The Kier molecular flexibility index (Phi) is 5.94. The zero-order valence-corrected chi connectivity index (χ0v) is 15.3. The molecule has 0 heterocycles. The van der Waals surface area contributed by atoms with Crippen LogP contribution in [0.3, 0.4) is 0 Å². The van der Waals surface area contributed by atoms with Gasteiger partial charge in [0.15, 0.2) is 0 Å². The lowest BCUT2D eigenvalue weighted by molar-refractivity contribution is -0.385. The summed E-state index contributed by atoms with van der Waals surface area (Å²) in [6.07, 6.45) is 0. The summed E-state index contributed by atoms with van der Waals surface area (Å²) in [6.45, 7) is 3.29. The lowest BCUT2D eigenvalue weighted by Crippen LogP contribution is -2.17. The van der Waals surface area contributed by atoms with Gasteiger partial charge in [0.2, 0.25) is 0 Å². The molecule has 0 aliphatic rings. The first kappa shape index (κ1) is 19.8. The molecule has 2 unspecified atom stereocenters. The minimum absolute atomic E-state index is 0.127. The molecule has 0 amide bonds. The van der Waals surface area contributed by atoms with Gasteiger partial charge in [-0.3, -0.25) is 25.0 Å². The largest absolute Gasteiger partial charge is 0.298 e. The Bertz CT molecular complexity index is 829. The second-order valence-corrected chi connectivity index (χ2v) is 6.59. The molecule has 2 aromatic carbocycles. The average Bonchev–Trinajstić information content (AvgIpc) is 2.59. The van der Waals surface area contributed by atoms with Crippen molar-refractivity contribution < 1.29 is 14.6 Å². The number of carbonyl (C=O) groups is 1. The van der Waals surface area contributed by atoms with Gasteiger partial charge in [-0.25, -0.2) is 0 Å². The molecule has 0 spiro atoms. The molecule has 2 atom stereocenters. The van der Waals surface area contributed by atoms with Gasteiger partial charge >= 0.3 is 0 Å². The van der Waals surface area contributed by atoms with Crippen molar-refractivity contribution in [3.63, 3.8) is 0 Å². The van der Waals surface area contributed by atoms with E-state index < -0.39 is 21.7 Å². The van der Waals surface area contributed by atoms with Crippen LogP contribution in [0.2, 0.25) is 10.0 Å². The third-order valence-corrected chi connectivity index (χ3v) is 4.83. The van der Waals surface area contributed by atoms with Crippen LogP contribution >= 0.6 is 23.2 Å². The van der Waals surface area contributed by atoms with Crippen molar-refractivity contribution >= 4 is 40.4 Å². The van der Waals surface area contributed by atoms with Crippen molar-refractivity contribution in [3.05, 3.63) is 77.8 Å². The standard InChI is InChI=1S/C17H14Cl2N2O5/c1-9(13-5-3-11(20(23)24)7-15(13)18)17(22)10(2)14-6-4-12(21(25)26)8-16(14)19/h3-10H,1-2H3. The molecule has 0 bridgehead atoms. The van der Waals surface area contributed by atoms with Crippen molar-refractivity contribution in [2.45, 2.75) is 25.7 Å². The normalized spacial score (nSPS) is 13.1. The second-order valence-electron chi connectivity index (χ2n) is 5.77. The fraction of sp³-hybridized carbons (Fsp3) is 0.235. The molecule has 0 saturated carbocycles. The molecule has 9 heteroatoms. The minimum Gasteiger partial charge on any atom is -0.298 e. The maximum Gasteiger partial charge on any atom is 0.270 e. The van der Waals surface area contributed by atoms with Gasteiger partial charge in [0, 0.05) is 36.1 Å². The molecule has 0 N–H and O–H groups in total. The van der Waals surface area contributed by atoms with Crippen molar-refractivity contribution in [2.24, 2.45) is 0 Å². The molecule has 7 nitrogen and oxygen atoms in total. The Balaban J connectivity index is 2.30. The zero-order valence-electron chi connectivity index (χ0n) is 13.8. The van der Waals surface area contributed by atoms with Gasteiger partial charge in [-0.2, -0.15) is 0 Å². The molecule has 2 rings (SSSR count). The summed E-state index contributed by atoms with van der Waals surface area (Å²) in [7, 11) is 0. The van der Waals surface area contributed by atoms with E-state index in [1.807, 2.05) is 0 Å². The highest BCUT2D eigenvalue weighted by Crippen LogP contribution is 2.35. The summed E-state index contributed by atoms with van der Waals surface area (Å²) in [4.78, 5) is 33.2. The van der Waals surface area contributed by atoms with E-state index in [9.17, 15) is 25.0 Å². The van der Waals surface area contributed by atoms with Crippen LogP contribution in [0.15, 0.2) is 36.4 Å². The van der Waals surface area contributed by atoms with Crippen molar-refractivity contribution in [1.29, 1.82) is 0 Å². The summed E-state index contributed by atoms with van der Waals surface area (Å²) in [5.41, 5.74) is 0.606. The summed E-state index contributed by atoms with van der Waals surface area (Å²) in [5.74, 6) is -1.48. The molecule has 0 aromatic heterocycles. The van der Waals surface area contributed by atoms with E-state index in [4.69, 9.17) is 23.2 Å². The molecular formula is C17H14Cl2N2O5. The Morgan fingerprint density at radius 2 is 1.19 bits per heavy atom. The maximum absolute atomic E-state index is 12.8. The third kappa shape index (κ3) is 4.00. The first-order chi connectivity index (χ1) is 12.1. The number of nitro groups is 2. The van der Waals surface area contributed by atoms with Gasteiger partial charge in [0.25, 0.3) is 11.4 Å². The number of rotatable bonds is 6. The summed E-state index contributed by atoms with van der Waals surface area (Å²) < 4.78 is 0. The van der Waals surface area contributed by atoms with E-state index >= 15 is 0 Å². The molecular weight excluding hydrogens is 383 g/mol. The monoisotopic (exact) mass is 396 g/mol. The number of benzene rings is 2. The molecule has 2 aromatic rings. The smallest absolute Gasteiger partial charge is 0.270 e. The average molecular weight is 397 g/mol.